The molecule has 0 saturated carbocycles. The Morgan fingerprint density at radius 1 is 1.23 bits per heavy atom. The summed E-state index contributed by atoms with van der Waals surface area (Å²) in [5.41, 5.74) is 1.48. The van der Waals surface area contributed by atoms with Crippen molar-refractivity contribution in [3.63, 3.8) is 0 Å². The van der Waals surface area contributed by atoms with Crippen molar-refractivity contribution in [1.82, 2.24) is 19.9 Å². The summed E-state index contributed by atoms with van der Waals surface area (Å²) >= 11 is 5.71. The Morgan fingerprint density at radius 3 is 2.64 bits per heavy atom. The lowest BCUT2D eigenvalue weighted by Crippen LogP contribution is -2.10. The molecule has 2 aromatic heterocycles. The number of alkyl halides is 3. The summed E-state index contributed by atoms with van der Waals surface area (Å²) in [5.74, 6) is -0.0176. The van der Waals surface area contributed by atoms with Crippen LogP contribution in [-0.4, -0.2) is 26.5 Å². The Hall–Kier alpha value is -2.20. The van der Waals surface area contributed by atoms with Crippen molar-refractivity contribution >= 4 is 29.2 Å². The van der Waals surface area contributed by atoms with Crippen LogP contribution in [0.1, 0.15) is 12.6 Å². The molecule has 2 N–H and O–H groups in total. The molecule has 0 radical (unpaired) electrons. The second-order valence-electron chi connectivity index (χ2n) is 3.84. The van der Waals surface area contributed by atoms with Gasteiger partial charge in [0, 0.05) is 11.9 Å². The van der Waals surface area contributed by atoms with Gasteiger partial charge in [-0.2, -0.15) is 28.1 Å². The maximum atomic E-state index is 12.6. The molecule has 0 aliphatic carbocycles. The maximum Gasteiger partial charge on any atom is 0.433 e. The first-order chi connectivity index (χ1) is 10.4. The van der Waals surface area contributed by atoms with Crippen molar-refractivity contribution in [2.24, 2.45) is 0 Å². The van der Waals surface area contributed by atoms with Crippen molar-refractivity contribution in [2.45, 2.75) is 13.1 Å². The molecule has 7 nitrogen and oxygen atoms in total. The first-order valence-electron chi connectivity index (χ1n) is 5.98. The smallest absolute Gasteiger partial charge is 0.324 e. The van der Waals surface area contributed by atoms with Gasteiger partial charge >= 0.3 is 6.18 Å². The van der Waals surface area contributed by atoms with Crippen LogP contribution in [0.4, 0.5) is 30.8 Å². The fourth-order valence-electron chi connectivity index (χ4n) is 1.38. The SMILES string of the molecule is CCONc1nc(Cl)nc(Nc2ccnc(C(F)(F)F)c2)n1. The van der Waals surface area contributed by atoms with E-state index in [0.717, 1.165) is 12.3 Å². The molecule has 0 amide bonds. The fourth-order valence-corrected chi connectivity index (χ4v) is 1.54. The standard InChI is InChI=1S/C11H10ClF3N6O/c1-2-22-21-10-19-8(12)18-9(20-10)17-6-3-4-16-7(5-6)11(13,14)15/h3-5H,2H2,1H3,(H2,16,17,18,19,20,21). The lowest BCUT2D eigenvalue weighted by atomic mass is 10.3. The molecule has 0 aliphatic heterocycles. The molecule has 0 atom stereocenters. The van der Waals surface area contributed by atoms with Crippen molar-refractivity contribution in [3.8, 4) is 0 Å². The maximum absolute atomic E-state index is 12.6. The van der Waals surface area contributed by atoms with E-state index in [9.17, 15) is 13.2 Å². The van der Waals surface area contributed by atoms with Gasteiger partial charge in [-0.25, -0.2) is 5.48 Å². The zero-order valence-corrected chi connectivity index (χ0v) is 11.9. The number of nitrogens with zero attached hydrogens (tertiary/aromatic N) is 4. The van der Waals surface area contributed by atoms with E-state index in [-0.39, 0.29) is 22.9 Å². The monoisotopic (exact) mass is 334 g/mol. The van der Waals surface area contributed by atoms with Crippen LogP contribution >= 0.6 is 11.6 Å². The van der Waals surface area contributed by atoms with Crippen LogP contribution in [0.2, 0.25) is 5.28 Å². The number of hydrogen-bond donors (Lipinski definition) is 2. The van der Waals surface area contributed by atoms with Gasteiger partial charge in [0.1, 0.15) is 5.69 Å². The Labute approximate surface area is 127 Å². The minimum absolute atomic E-state index is 0.0226. The molecule has 118 valence electrons. The Balaban J connectivity index is 2.21. The first kappa shape index (κ1) is 16.2. The molecule has 2 rings (SSSR count). The molecular formula is C11H10ClF3N6O. The quantitative estimate of drug-likeness (QED) is 0.813. The number of nitrogens with one attached hydrogen (secondary N) is 2. The summed E-state index contributed by atoms with van der Waals surface area (Å²) in [5, 5.41) is 2.44. The average Bonchev–Trinajstić information content (AvgIpc) is 2.44. The van der Waals surface area contributed by atoms with E-state index in [1.165, 1.54) is 6.07 Å². The van der Waals surface area contributed by atoms with Crippen molar-refractivity contribution in [1.29, 1.82) is 0 Å². The third-order valence-electron chi connectivity index (χ3n) is 2.22. The molecule has 2 heterocycles. The highest BCUT2D eigenvalue weighted by atomic mass is 35.5. The molecule has 0 aliphatic rings. The van der Waals surface area contributed by atoms with Gasteiger partial charge in [0.2, 0.25) is 11.2 Å². The van der Waals surface area contributed by atoms with E-state index in [1.807, 2.05) is 0 Å². The number of rotatable bonds is 5. The van der Waals surface area contributed by atoms with Crippen molar-refractivity contribution in [2.75, 3.05) is 17.4 Å². The van der Waals surface area contributed by atoms with Crippen LogP contribution in [0.3, 0.4) is 0 Å². The summed E-state index contributed by atoms with van der Waals surface area (Å²) in [6, 6.07) is 2.16. The molecule has 0 fully saturated rings. The molecule has 0 aromatic carbocycles. The third-order valence-corrected chi connectivity index (χ3v) is 2.39. The molecule has 0 bridgehead atoms. The largest absolute Gasteiger partial charge is 0.433 e. The summed E-state index contributed by atoms with van der Waals surface area (Å²) in [6.45, 7) is 2.09. The lowest BCUT2D eigenvalue weighted by Gasteiger charge is -2.10. The summed E-state index contributed by atoms with van der Waals surface area (Å²) < 4.78 is 37.8. The van der Waals surface area contributed by atoms with Crippen LogP contribution in [0.15, 0.2) is 18.3 Å². The number of hydrogen-bond acceptors (Lipinski definition) is 7. The topological polar surface area (TPSA) is 84.9 Å². The average molecular weight is 335 g/mol. The third kappa shape index (κ3) is 4.40. The lowest BCUT2D eigenvalue weighted by molar-refractivity contribution is -0.141. The zero-order valence-electron chi connectivity index (χ0n) is 11.1. The molecule has 0 saturated heterocycles. The van der Waals surface area contributed by atoms with Crippen LogP contribution in [0.5, 0.6) is 0 Å². The van der Waals surface area contributed by atoms with Gasteiger partial charge in [0.25, 0.3) is 5.95 Å². The number of anilines is 3. The predicted molar refractivity (Wildman–Crippen MR) is 72.6 cm³/mol. The van der Waals surface area contributed by atoms with Gasteiger partial charge in [-0.1, -0.05) is 0 Å². The minimum atomic E-state index is -4.55. The van der Waals surface area contributed by atoms with Gasteiger partial charge in [0.05, 0.1) is 6.61 Å². The number of pyridine rings is 1. The summed E-state index contributed by atoms with van der Waals surface area (Å²) in [6.07, 6.45) is -3.52. The van der Waals surface area contributed by atoms with Crippen LogP contribution in [0.25, 0.3) is 0 Å². The van der Waals surface area contributed by atoms with E-state index in [2.05, 4.69) is 30.7 Å². The highest BCUT2D eigenvalue weighted by Gasteiger charge is 2.32. The molecule has 22 heavy (non-hydrogen) atoms. The molecule has 2 aromatic rings. The van der Waals surface area contributed by atoms with E-state index >= 15 is 0 Å². The van der Waals surface area contributed by atoms with E-state index in [1.54, 1.807) is 6.92 Å². The van der Waals surface area contributed by atoms with Crippen LogP contribution in [0, 0.1) is 0 Å². The van der Waals surface area contributed by atoms with Gasteiger partial charge in [0.15, 0.2) is 0 Å². The van der Waals surface area contributed by atoms with Gasteiger partial charge in [-0.05, 0) is 30.7 Å². The number of halogens is 4. The van der Waals surface area contributed by atoms with E-state index < -0.39 is 11.9 Å². The Bertz CT molecular complexity index is 654. The van der Waals surface area contributed by atoms with Gasteiger partial charge < -0.3 is 5.32 Å². The molecule has 11 heteroatoms. The Kier molecular flexibility index (Phi) is 4.93. The van der Waals surface area contributed by atoms with Gasteiger partial charge in [-0.3, -0.25) is 9.82 Å². The highest BCUT2D eigenvalue weighted by molar-refractivity contribution is 6.28. The minimum Gasteiger partial charge on any atom is -0.324 e. The van der Waals surface area contributed by atoms with Gasteiger partial charge in [-0.15, -0.1) is 0 Å². The normalized spacial score (nSPS) is 11.3. The second-order valence-corrected chi connectivity index (χ2v) is 4.18. The van der Waals surface area contributed by atoms with E-state index in [4.69, 9.17) is 16.4 Å². The van der Waals surface area contributed by atoms with Crippen molar-refractivity contribution in [3.05, 3.63) is 29.3 Å². The zero-order chi connectivity index (χ0) is 16.2. The molecule has 0 spiro atoms. The fraction of sp³-hybridized carbons (Fsp3) is 0.273. The second kappa shape index (κ2) is 6.71. The van der Waals surface area contributed by atoms with Crippen molar-refractivity contribution < 1.29 is 18.0 Å². The van der Waals surface area contributed by atoms with Crippen LogP contribution in [-0.2, 0) is 11.0 Å². The molecule has 0 unspecified atom stereocenters. The predicted octanol–water partition coefficient (Wildman–Crippen LogP) is 3.05. The summed E-state index contributed by atoms with van der Waals surface area (Å²) in [4.78, 5) is 19.6. The highest BCUT2D eigenvalue weighted by Crippen LogP contribution is 2.29. The van der Waals surface area contributed by atoms with Crippen LogP contribution < -0.4 is 10.8 Å². The first-order valence-corrected chi connectivity index (χ1v) is 6.36. The summed E-state index contributed by atoms with van der Waals surface area (Å²) in [7, 11) is 0. The Morgan fingerprint density at radius 2 is 1.95 bits per heavy atom. The number of aromatic nitrogens is 4. The van der Waals surface area contributed by atoms with E-state index in [0.29, 0.717) is 6.61 Å². The molecular weight excluding hydrogens is 325 g/mol.